The highest BCUT2D eigenvalue weighted by atomic mass is 16.5. The van der Waals surface area contributed by atoms with Gasteiger partial charge >= 0.3 is 0 Å². The molecule has 3 atom stereocenters. The van der Waals surface area contributed by atoms with E-state index >= 15 is 0 Å². The second kappa shape index (κ2) is 5.31. The molecule has 18 heavy (non-hydrogen) atoms. The molecule has 0 bridgehead atoms. The van der Waals surface area contributed by atoms with Gasteiger partial charge in [-0.05, 0) is 55.5 Å². The molecule has 2 rings (SSSR count). The summed E-state index contributed by atoms with van der Waals surface area (Å²) in [5.74, 6) is 2.26. The van der Waals surface area contributed by atoms with Crippen LogP contribution in [0.25, 0.3) is 0 Å². The maximum Gasteiger partial charge on any atom is 0.120 e. The summed E-state index contributed by atoms with van der Waals surface area (Å²) in [6, 6.07) is 7.04. The van der Waals surface area contributed by atoms with Crippen molar-refractivity contribution in [1.29, 1.82) is 0 Å². The predicted molar refractivity (Wildman–Crippen MR) is 76.2 cm³/mol. The summed E-state index contributed by atoms with van der Waals surface area (Å²) in [4.78, 5) is 0. The van der Waals surface area contributed by atoms with Gasteiger partial charge in [0.15, 0.2) is 0 Å². The molecule has 0 amide bonds. The number of hydrogen-bond acceptors (Lipinski definition) is 2. The first kappa shape index (κ1) is 13.4. The molecule has 1 aliphatic carbocycles. The van der Waals surface area contributed by atoms with Crippen molar-refractivity contribution in [1.82, 2.24) is 5.32 Å². The van der Waals surface area contributed by atoms with E-state index in [1.165, 1.54) is 11.1 Å². The lowest BCUT2D eigenvalue weighted by Crippen LogP contribution is -2.24. The summed E-state index contributed by atoms with van der Waals surface area (Å²) in [5, 5.41) is 3.61. The van der Waals surface area contributed by atoms with Gasteiger partial charge in [0.05, 0.1) is 6.10 Å². The van der Waals surface area contributed by atoms with E-state index in [1.54, 1.807) is 0 Å². The van der Waals surface area contributed by atoms with Gasteiger partial charge in [0, 0.05) is 6.04 Å². The highest BCUT2D eigenvalue weighted by Gasteiger charge is 2.34. The minimum atomic E-state index is 0.233. The normalized spacial score (nSPS) is 26.4. The van der Waals surface area contributed by atoms with Crippen molar-refractivity contribution in [2.24, 2.45) is 5.92 Å². The van der Waals surface area contributed by atoms with Crippen LogP contribution >= 0.6 is 0 Å². The minimum Gasteiger partial charge on any atom is -0.491 e. The predicted octanol–water partition coefficient (Wildman–Crippen LogP) is 3.88. The van der Waals surface area contributed by atoms with E-state index in [9.17, 15) is 0 Å². The van der Waals surface area contributed by atoms with E-state index < -0.39 is 0 Å². The fourth-order valence-corrected chi connectivity index (χ4v) is 2.95. The van der Waals surface area contributed by atoms with Gasteiger partial charge in [0.1, 0.15) is 5.75 Å². The zero-order chi connectivity index (χ0) is 13.3. The molecule has 3 unspecified atom stereocenters. The Morgan fingerprint density at radius 1 is 1.22 bits per heavy atom. The van der Waals surface area contributed by atoms with Gasteiger partial charge < -0.3 is 10.1 Å². The van der Waals surface area contributed by atoms with Crippen LogP contribution in [0.1, 0.15) is 57.7 Å². The second-order valence-electron chi connectivity index (χ2n) is 5.64. The molecular weight excluding hydrogens is 222 g/mol. The summed E-state index contributed by atoms with van der Waals surface area (Å²) < 4.78 is 5.81. The molecular formula is C16H25NO. The van der Waals surface area contributed by atoms with Crippen molar-refractivity contribution >= 4 is 0 Å². The Morgan fingerprint density at radius 3 is 2.56 bits per heavy atom. The largest absolute Gasteiger partial charge is 0.491 e. The molecule has 0 spiro atoms. The third kappa shape index (κ3) is 2.39. The number of benzene rings is 1. The molecule has 1 aromatic rings. The highest BCUT2D eigenvalue weighted by Crippen LogP contribution is 2.45. The van der Waals surface area contributed by atoms with Gasteiger partial charge in [-0.25, -0.2) is 0 Å². The van der Waals surface area contributed by atoms with Gasteiger partial charge in [-0.15, -0.1) is 0 Å². The van der Waals surface area contributed by atoms with Crippen molar-refractivity contribution in [3.05, 3.63) is 29.3 Å². The molecule has 0 fully saturated rings. The smallest absolute Gasteiger partial charge is 0.120 e. The van der Waals surface area contributed by atoms with Crippen LogP contribution in [0.3, 0.4) is 0 Å². The SMILES string of the molecule is CCNC1c2cc(OC(C)C)ccc2C(C)C1C. The third-order valence-electron chi connectivity index (χ3n) is 3.99. The molecule has 0 heterocycles. The number of nitrogens with one attached hydrogen (secondary N) is 1. The zero-order valence-electron chi connectivity index (χ0n) is 12.2. The van der Waals surface area contributed by atoms with Crippen LogP contribution in [0, 0.1) is 5.92 Å². The topological polar surface area (TPSA) is 21.3 Å². The molecule has 1 aromatic carbocycles. The first-order chi connectivity index (χ1) is 8.54. The first-order valence-electron chi connectivity index (χ1n) is 7.08. The molecule has 0 saturated heterocycles. The van der Waals surface area contributed by atoms with Crippen LogP contribution in [0.15, 0.2) is 18.2 Å². The second-order valence-corrected chi connectivity index (χ2v) is 5.64. The van der Waals surface area contributed by atoms with Gasteiger partial charge in [0.25, 0.3) is 0 Å². The van der Waals surface area contributed by atoms with E-state index in [0.717, 1.165) is 12.3 Å². The standard InChI is InChI=1S/C16H25NO/c1-6-17-16-12(5)11(4)14-8-7-13(9-15(14)16)18-10(2)3/h7-12,16-17H,6H2,1-5H3. The monoisotopic (exact) mass is 247 g/mol. The van der Waals surface area contributed by atoms with Crippen molar-refractivity contribution in [2.75, 3.05) is 6.54 Å². The van der Waals surface area contributed by atoms with Crippen LogP contribution in [0.2, 0.25) is 0 Å². The Morgan fingerprint density at radius 2 is 1.94 bits per heavy atom. The number of rotatable bonds is 4. The number of fused-ring (bicyclic) bond motifs is 1. The number of ether oxygens (including phenoxy) is 1. The van der Waals surface area contributed by atoms with Crippen molar-refractivity contribution in [3.63, 3.8) is 0 Å². The molecule has 2 nitrogen and oxygen atoms in total. The Balaban J connectivity index is 2.32. The summed E-state index contributed by atoms with van der Waals surface area (Å²) in [5.41, 5.74) is 2.90. The van der Waals surface area contributed by atoms with E-state index in [4.69, 9.17) is 4.74 Å². The fourth-order valence-electron chi connectivity index (χ4n) is 2.95. The Bertz CT molecular complexity index is 414. The molecule has 1 N–H and O–H groups in total. The van der Waals surface area contributed by atoms with Crippen LogP contribution in [-0.2, 0) is 0 Å². The minimum absolute atomic E-state index is 0.233. The molecule has 0 saturated carbocycles. The van der Waals surface area contributed by atoms with Gasteiger partial charge in [-0.2, -0.15) is 0 Å². The van der Waals surface area contributed by atoms with Crippen LogP contribution in [-0.4, -0.2) is 12.6 Å². The van der Waals surface area contributed by atoms with Gasteiger partial charge in [-0.1, -0.05) is 26.8 Å². The van der Waals surface area contributed by atoms with E-state index in [-0.39, 0.29) is 6.10 Å². The maximum absolute atomic E-state index is 5.81. The third-order valence-corrected chi connectivity index (χ3v) is 3.99. The number of hydrogen-bond donors (Lipinski definition) is 1. The summed E-state index contributed by atoms with van der Waals surface area (Å²) in [6.45, 7) is 12.0. The summed E-state index contributed by atoms with van der Waals surface area (Å²) in [7, 11) is 0. The molecule has 100 valence electrons. The average Bonchev–Trinajstić information content (AvgIpc) is 2.54. The van der Waals surface area contributed by atoms with Crippen LogP contribution < -0.4 is 10.1 Å². The van der Waals surface area contributed by atoms with Crippen LogP contribution in [0.4, 0.5) is 0 Å². The fraction of sp³-hybridized carbons (Fsp3) is 0.625. The quantitative estimate of drug-likeness (QED) is 0.872. The van der Waals surface area contributed by atoms with Gasteiger partial charge in [0.2, 0.25) is 0 Å². The zero-order valence-corrected chi connectivity index (χ0v) is 12.2. The first-order valence-corrected chi connectivity index (χ1v) is 7.08. The lowest BCUT2D eigenvalue weighted by Gasteiger charge is -2.20. The average molecular weight is 247 g/mol. The lowest BCUT2D eigenvalue weighted by atomic mass is 9.94. The Hall–Kier alpha value is -1.02. The van der Waals surface area contributed by atoms with Crippen molar-refractivity contribution in [2.45, 2.75) is 52.7 Å². The highest BCUT2D eigenvalue weighted by molar-refractivity contribution is 5.44. The van der Waals surface area contributed by atoms with E-state index in [2.05, 4.69) is 58.1 Å². The molecule has 0 radical (unpaired) electrons. The Labute approximate surface area is 111 Å². The van der Waals surface area contributed by atoms with Crippen molar-refractivity contribution < 1.29 is 4.74 Å². The van der Waals surface area contributed by atoms with E-state index in [0.29, 0.717) is 17.9 Å². The lowest BCUT2D eigenvalue weighted by molar-refractivity contribution is 0.242. The molecule has 0 aromatic heterocycles. The molecule has 1 aliphatic rings. The maximum atomic E-state index is 5.81. The van der Waals surface area contributed by atoms with Crippen LogP contribution in [0.5, 0.6) is 5.75 Å². The van der Waals surface area contributed by atoms with E-state index in [1.807, 2.05) is 0 Å². The van der Waals surface area contributed by atoms with Crippen molar-refractivity contribution in [3.8, 4) is 5.75 Å². The molecule has 0 aliphatic heterocycles. The summed E-state index contributed by atoms with van der Waals surface area (Å²) >= 11 is 0. The summed E-state index contributed by atoms with van der Waals surface area (Å²) in [6.07, 6.45) is 0.233. The molecule has 2 heteroatoms. The van der Waals surface area contributed by atoms with Gasteiger partial charge in [-0.3, -0.25) is 0 Å². The Kier molecular flexibility index (Phi) is 3.96.